The maximum absolute atomic E-state index is 9.22. The van der Waals surface area contributed by atoms with Crippen molar-refractivity contribution < 1.29 is 24.4 Å². The highest BCUT2D eigenvalue weighted by molar-refractivity contribution is 6.10. The minimum atomic E-state index is -0.248. The van der Waals surface area contributed by atoms with E-state index in [-0.39, 0.29) is 24.2 Å². The molecule has 1 aliphatic rings. The molecular weight excluding hydrogens is 641 g/mol. The summed E-state index contributed by atoms with van der Waals surface area (Å²) >= 11 is 0. The smallest absolute Gasteiger partial charge is 0.127 e. The van der Waals surface area contributed by atoms with Gasteiger partial charge in [-0.3, -0.25) is 0 Å². The fourth-order valence-corrected chi connectivity index (χ4v) is 7.46. The van der Waals surface area contributed by atoms with E-state index in [1.54, 1.807) is 0 Å². The Kier molecular flexibility index (Phi) is 9.78. The molecular formula is C48H52O4. The summed E-state index contributed by atoms with van der Waals surface area (Å²) in [6.07, 6.45) is 5.62. The number of hydrogen-bond donors (Lipinski definition) is 0. The number of rotatable bonds is 12. The first-order valence-electron chi connectivity index (χ1n) is 21.1. The van der Waals surface area contributed by atoms with E-state index in [1.165, 1.54) is 0 Å². The zero-order valence-electron chi connectivity index (χ0n) is 35.0. The Morgan fingerprint density at radius 2 is 0.865 bits per heavy atom. The van der Waals surface area contributed by atoms with Crippen LogP contribution < -0.4 is 18.9 Å². The number of hydrogen-bond acceptors (Lipinski definition) is 4. The average Bonchev–Trinajstić information content (AvgIpc) is 3.20. The second-order valence-electron chi connectivity index (χ2n) is 13.7. The van der Waals surface area contributed by atoms with Gasteiger partial charge in [-0.25, -0.2) is 0 Å². The zero-order valence-corrected chi connectivity index (χ0v) is 31.0. The summed E-state index contributed by atoms with van der Waals surface area (Å²) in [7, 11) is 0. The lowest BCUT2D eigenvalue weighted by Crippen LogP contribution is -2.10. The first-order valence-corrected chi connectivity index (χ1v) is 19.1. The summed E-state index contributed by atoms with van der Waals surface area (Å²) in [5.74, 6) is 3.36. The van der Waals surface area contributed by atoms with Crippen LogP contribution in [0.1, 0.15) is 103 Å². The van der Waals surface area contributed by atoms with Crippen molar-refractivity contribution in [1.82, 2.24) is 0 Å². The lowest BCUT2D eigenvalue weighted by Gasteiger charge is -2.24. The molecule has 0 amide bonds. The number of para-hydroxylation sites is 3. The van der Waals surface area contributed by atoms with Crippen LogP contribution in [0.2, 0.25) is 0 Å². The van der Waals surface area contributed by atoms with Crippen molar-refractivity contribution in [2.45, 2.75) is 79.1 Å². The standard InChI is InChI=1S/C48H52O4/c1-5-24-49-45-35-15-11-16-36(45)30-38-18-13-20-40(47(38)51-26-7-3)32-43-44-34(23-22-33-14-9-10-21-42(33)44)28-41(48(43)52-27-8-4)31-39-19-12-17-37(29-35)46(39)50-25-6-2/h9-23,28H,5-8,24-27,29-32H2,1-4H3/i9D,10D,14D,21D. The van der Waals surface area contributed by atoms with Gasteiger partial charge in [-0.05, 0) is 92.2 Å². The van der Waals surface area contributed by atoms with Crippen molar-refractivity contribution in [3.8, 4) is 23.0 Å². The summed E-state index contributed by atoms with van der Waals surface area (Å²) in [6, 6.07) is 24.6. The van der Waals surface area contributed by atoms with Crippen LogP contribution in [0.25, 0.3) is 21.5 Å². The first kappa shape index (κ1) is 30.6. The van der Waals surface area contributed by atoms with Crippen LogP contribution in [0, 0.1) is 0 Å². The molecule has 0 spiro atoms. The van der Waals surface area contributed by atoms with Crippen molar-refractivity contribution in [3.05, 3.63) is 141 Å². The van der Waals surface area contributed by atoms with Gasteiger partial charge in [-0.1, -0.05) is 119 Å². The third-order valence-corrected chi connectivity index (χ3v) is 9.73. The second kappa shape index (κ2) is 16.6. The summed E-state index contributed by atoms with van der Waals surface area (Å²) < 4.78 is 62.1. The SMILES string of the molecule is [2H]c1c([2H])c([2H])c2c(ccc3cc4c(OCCC)c(c32)Cc2cccc(c2OCCC)Cc2cccc(c2OCCC)Cc2cccc(c2OCCC)C4)c1[2H]. The molecule has 0 N–H and O–H groups in total. The van der Waals surface area contributed by atoms with Crippen molar-refractivity contribution in [3.63, 3.8) is 0 Å². The van der Waals surface area contributed by atoms with Crippen molar-refractivity contribution in [2.75, 3.05) is 26.4 Å². The quantitative estimate of drug-likeness (QED) is 0.119. The second-order valence-corrected chi connectivity index (χ2v) is 13.7. The van der Waals surface area contributed by atoms with E-state index in [2.05, 4.69) is 88.4 Å². The summed E-state index contributed by atoms with van der Waals surface area (Å²) in [5, 5.41) is 2.65. The maximum atomic E-state index is 9.22. The van der Waals surface area contributed by atoms with Crippen LogP contribution in [0.5, 0.6) is 23.0 Å². The molecule has 0 unspecified atom stereocenters. The van der Waals surface area contributed by atoms with E-state index >= 15 is 0 Å². The van der Waals surface area contributed by atoms with Crippen LogP contribution in [0.15, 0.2) is 97.0 Å². The molecule has 0 aliphatic heterocycles. The Morgan fingerprint density at radius 1 is 0.462 bits per heavy atom. The van der Waals surface area contributed by atoms with Crippen molar-refractivity contribution in [2.24, 2.45) is 0 Å². The molecule has 4 nitrogen and oxygen atoms in total. The molecule has 268 valence electrons. The Morgan fingerprint density at radius 3 is 1.35 bits per heavy atom. The van der Waals surface area contributed by atoms with E-state index in [0.29, 0.717) is 62.9 Å². The van der Waals surface area contributed by atoms with Crippen LogP contribution >= 0.6 is 0 Å². The number of benzene rings is 6. The van der Waals surface area contributed by atoms with E-state index in [9.17, 15) is 1.37 Å². The van der Waals surface area contributed by atoms with Gasteiger partial charge in [0.15, 0.2) is 0 Å². The number of fused-ring (bicyclic) bond motifs is 12. The third-order valence-electron chi connectivity index (χ3n) is 9.73. The van der Waals surface area contributed by atoms with Gasteiger partial charge in [0.1, 0.15) is 23.0 Å². The highest BCUT2D eigenvalue weighted by atomic mass is 16.5. The number of ether oxygens (including phenoxy) is 4. The highest BCUT2D eigenvalue weighted by Crippen LogP contribution is 2.43. The molecule has 0 saturated heterocycles. The Labute approximate surface area is 315 Å². The fraction of sp³-hybridized carbons (Fsp3) is 0.333. The predicted octanol–water partition coefficient (Wildman–Crippen LogP) is 11.8. The minimum Gasteiger partial charge on any atom is -0.493 e. The molecule has 0 fully saturated rings. The van der Waals surface area contributed by atoms with Crippen molar-refractivity contribution in [1.29, 1.82) is 0 Å². The molecule has 1 aliphatic carbocycles. The molecule has 6 aromatic carbocycles. The summed E-state index contributed by atoms with van der Waals surface area (Å²) in [5.41, 5.74) is 8.27. The largest absolute Gasteiger partial charge is 0.493 e. The molecule has 4 heteroatoms. The van der Waals surface area contributed by atoms with Gasteiger partial charge in [-0.15, -0.1) is 0 Å². The Balaban J connectivity index is 1.60. The normalized spacial score (nSPS) is 13.6. The average molecular weight is 697 g/mol. The minimum absolute atomic E-state index is 0.0461. The molecule has 8 bridgehead atoms. The predicted molar refractivity (Wildman–Crippen MR) is 215 cm³/mol. The van der Waals surface area contributed by atoms with Crippen LogP contribution in [-0.2, 0) is 25.7 Å². The Hall–Kier alpha value is -4.96. The van der Waals surface area contributed by atoms with Gasteiger partial charge in [0.2, 0.25) is 0 Å². The summed E-state index contributed by atoms with van der Waals surface area (Å²) in [6.45, 7) is 10.7. The molecule has 52 heavy (non-hydrogen) atoms. The molecule has 0 heterocycles. The monoisotopic (exact) mass is 696 g/mol. The lowest BCUT2D eigenvalue weighted by atomic mass is 9.87. The van der Waals surface area contributed by atoms with Crippen molar-refractivity contribution >= 4 is 21.5 Å². The van der Waals surface area contributed by atoms with Gasteiger partial charge in [0, 0.05) is 31.2 Å². The van der Waals surface area contributed by atoms with E-state index in [4.69, 9.17) is 23.1 Å². The van der Waals surface area contributed by atoms with Crippen LogP contribution in [0.3, 0.4) is 0 Å². The lowest BCUT2D eigenvalue weighted by molar-refractivity contribution is 0.305. The Bertz CT molecular complexity index is 2390. The fourth-order valence-electron chi connectivity index (χ4n) is 7.46. The molecule has 0 radical (unpaired) electrons. The van der Waals surface area contributed by atoms with E-state index in [0.717, 1.165) is 104 Å². The highest BCUT2D eigenvalue weighted by Gasteiger charge is 2.24. The van der Waals surface area contributed by atoms with Crippen LogP contribution in [-0.4, -0.2) is 26.4 Å². The van der Waals surface area contributed by atoms with E-state index in [1.807, 2.05) is 12.1 Å². The molecule has 6 aromatic rings. The van der Waals surface area contributed by atoms with Gasteiger partial charge in [-0.2, -0.15) is 0 Å². The zero-order chi connectivity index (χ0) is 39.3. The van der Waals surface area contributed by atoms with Gasteiger partial charge in [0.25, 0.3) is 0 Å². The molecule has 0 aromatic heterocycles. The maximum Gasteiger partial charge on any atom is 0.127 e. The summed E-state index contributed by atoms with van der Waals surface area (Å²) in [4.78, 5) is 0. The topological polar surface area (TPSA) is 36.9 Å². The van der Waals surface area contributed by atoms with Crippen LogP contribution in [0.4, 0.5) is 0 Å². The van der Waals surface area contributed by atoms with Gasteiger partial charge < -0.3 is 18.9 Å². The first-order chi connectivity index (χ1) is 27.3. The molecule has 0 atom stereocenters. The van der Waals surface area contributed by atoms with E-state index < -0.39 is 0 Å². The van der Waals surface area contributed by atoms with Gasteiger partial charge >= 0.3 is 0 Å². The molecule has 0 saturated carbocycles. The third kappa shape index (κ3) is 7.35. The molecule has 7 rings (SSSR count). The van der Waals surface area contributed by atoms with Gasteiger partial charge in [0.05, 0.1) is 31.9 Å².